The van der Waals surface area contributed by atoms with Gasteiger partial charge in [0.25, 0.3) is 5.91 Å². The average molecular weight is 414 g/mol. The van der Waals surface area contributed by atoms with Gasteiger partial charge in [-0.15, -0.1) is 0 Å². The first kappa shape index (κ1) is 19.2. The molecule has 8 nitrogen and oxygen atoms in total. The van der Waals surface area contributed by atoms with Gasteiger partial charge in [0.1, 0.15) is 11.7 Å². The fraction of sp³-hybridized carbons (Fsp3) is 0.261. The molecule has 0 spiro atoms. The molecular weight excluding hydrogens is 392 g/mol. The van der Waals surface area contributed by atoms with Gasteiger partial charge in [-0.05, 0) is 43.5 Å². The maximum atomic E-state index is 12.6. The number of benzene rings is 1. The third-order valence-electron chi connectivity index (χ3n) is 5.26. The summed E-state index contributed by atoms with van der Waals surface area (Å²) in [5.74, 6) is 1.09. The summed E-state index contributed by atoms with van der Waals surface area (Å²) >= 11 is 0. The number of pyridine rings is 1. The van der Waals surface area contributed by atoms with Crippen LogP contribution >= 0.6 is 0 Å². The summed E-state index contributed by atoms with van der Waals surface area (Å²) in [6.45, 7) is 2.41. The highest BCUT2D eigenvalue weighted by molar-refractivity contribution is 5.92. The smallest absolute Gasteiger partial charge is 0.272 e. The summed E-state index contributed by atoms with van der Waals surface area (Å²) in [6.07, 6.45) is 5.92. The molecule has 1 atom stereocenters. The number of hydrogen-bond acceptors (Lipinski definition) is 6. The zero-order chi connectivity index (χ0) is 21.2. The van der Waals surface area contributed by atoms with Crippen LogP contribution in [0.1, 0.15) is 59.4 Å². The van der Waals surface area contributed by atoms with Gasteiger partial charge >= 0.3 is 0 Å². The van der Waals surface area contributed by atoms with E-state index in [1.165, 1.54) is 12.8 Å². The van der Waals surface area contributed by atoms with Crippen LogP contribution in [0.4, 0.5) is 0 Å². The Kier molecular flexibility index (Phi) is 5.03. The molecule has 1 amide bonds. The van der Waals surface area contributed by atoms with E-state index >= 15 is 0 Å². The molecule has 156 valence electrons. The molecule has 31 heavy (non-hydrogen) atoms. The second-order valence-electron chi connectivity index (χ2n) is 7.78. The molecule has 0 radical (unpaired) electrons. The number of hydrogen-bond donors (Lipinski definition) is 1. The minimum atomic E-state index is -0.447. The van der Waals surface area contributed by atoms with Crippen LogP contribution in [0.15, 0.2) is 65.4 Å². The van der Waals surface area contributed by atoms with Crippen molar-refractivity contribution in [3.63, 3.8) is 0 Å². The van der Waals surface area contributed by atoms with Gasteiger partial charge in [0.15, 0.2) is 0 Å². The van der Waals surface area contributed by atoms with Crippen molar-refractivity contribution in [2.75, 3.05) is 0 Å². The van der Waals surface area contributed by atoms with Crippen molar-refractivity contribution in [2.45, 2.75) is 38.3 Å². The first-order valence-electron chi connectivity index (χ1n) is 10.3. The predicted octanol–water partition coefficient (Wildman–Crippen LogP) is 3.74. The number of nitrogens with one attached hydrogen (secondary N) is 1. The molecular formula is C23H22N6O2. The Morgan fingerprint density at radius 2 is 2.06 bits per heavy atom. The highest BCUT2D eigenvalue weighted by Gasteiger charge is 2.26. The van der Waals surface area contributed by atoms with Crippen molar-refractivity contribution in [3.05, 3.63) is 83.8 Å². The van der Waals surface area contributed by atoms with Crippen LogP contribution in [-0.4, -0.2) is 30.8 Å². The standard InChI is InChI=1S/C23H22N6O2/c1-15(23-26-21(28-31-23)18-9-11-24-20(13-18)17-7-8-17)25-22(30)19-10-12-29(27-19)14-16-5-3-2-4-6-16/h2-6,9-13,15,17H,7-8,14H2,1H3,(H,25,30)/t15-/m0/s1. The average Bonchev–Trinajstić information content (AvgIpc) is 3.33. The molecule has 5 rings (SSSR count). The Hall–Kier alpha value is -3.81. The van der Waals surface area contributed by atoms with Gasteiger partial charge in [-0.1, -0.05) is 35.5 Å². The molecule has 1 fully saturated rings. The third-order valence-corrected chi connectivity index (χ3v) is 5.26. The van der Waals surface area contributed by atoms with E-state index in [-0.39, 0.29) is 5.91 Å². The van der Waals surface area contributed by atoms with Crippen LogP contribution in [0.25, 0.3) is 11.4 Å². The van der Waals surface area contributed by atoms with Crippen LogP contribution in [0.2, 0.25) is 0 Å². The highest BCUT2D eigenvalue weighted by atomic mass is 16.5. The Labute approximate surface area is 179 Å². The number of amides is 1. The molecule has 1 N–H and O–H groups in total. The molecule has 3 aromatic heterocycles. The zero-order valence-corrected chi connectivity index (χ0v) is 17.1. The quantitative estimate of drug-likeness (QED) is 0.495. The van der Waals surface area contributed by atoms with E-state index in [1.54, 1.807) is 30.1 Å². The van der Waals surface area contributed by atoms with E-state index < -0.39 is 6.04 Å². The van der Waals surface area contributed by atoms with Gasteiger partial charge in [-0.3, -0.25) is 14.5 Å². The fourth-order valence-corrected chi connectivity index (χ4v) is 3.39. The summed E-state index contributed by atoms with van der Waals surface area (Å²) in [5.41, 5.74) is 3.39. The molecule has 1 aromatic carbocycles. The lowest BCUT2D eigenvalue weighted by molar-refractivity contribution is 0.0926. The van der Waals surface area contributed by atoms with E-state index in [4.69, 9.17) is 4.52 Å². The second kappa shape index (κ2) is 8.14. The summed E-state index contributed by atoms with van der Waals surface area (Å²) in [6, 6.07) is 15.1. The topological polar surface area (TPSA) is 98.7 Å². The van der Waals surface area contributed by atoms with Crippen molar-refractivity contribution in [2.24, 2.45) is 0 Å². The Bertz CT molecular complexity index is 1200. The van der Waals surface area contributed by atoms with Gasteiger partial charge in [-0.25, -0.2) is 0 Å². The van der Waals surface area contributed by atoms with Gasteiger partial charge in [-0.2, -0.15) is 10.1 Å². The molecule has 0 saturated heterocycles. The second-order valence-corrected chi connectivity index (χ2v) is 7.78. The zero-order valence-electron chi connectivity index (χ0n) is 17.1. The van der Waals surface area contributed by atoms with Crippen molar-refractivity contribution >= 4 is 5.91 Å². The molecule has 1 aliphatic carbocycles. The first-order valence-corrected chi connectivity index (χ1v) is 10.3. The SMILES string of the molecule is C[C@H](NC(=O)c1ccn(Cc2ccccc2)n1)c1nc(-c2ccnc(C3CC3)c2)no1. The molecule has 0 bridgehead atoms. The van der Waals surface area contributed by atoms with Gasteiger partial charge in [0, 0.05) is 29.6 Å². The first-order chi connectivity index (χ1) is 15.2. The molecule has 8 heteroatoms. The lowest BCUT2D eigenvalue weighted by atomic mass is 10.2. The van der Waals surface area contributed by atoms with Crippen molar-refractivity contribution < 1.29 is 9.32 Å². The van der Waals surface area contributed by atoms with Gasteiger partial charge in [0.2, 0.25) is 11.7 Å². The Morgan fingerprint density at radius 3 is 2.87 bits per heavy atom. The van der Waals surface area contributed by atoms with Crippen LogP contribution < -0.4 is 5.32 Å². The van der Waals surface area contributed by atoms with E-state index in [1.807, 2.05) is 42.5 Å². The van der Waals surface area contributed by atoms with Crippen LogP contribution in [-0.2, 0) is 6.54 Å². The summed E-state index contributed by atoms with van der Waals surface area (Å²) in [5, 5.41) is 11.3. The summed E-state index contributed by atoms with van der Waals surface area (Å²) < 4.78 is 7.13. The van der Waals surface area contributed by atoms with E-state index in [0.717, 1.165) is 16.8 Å². The summed E-state index contributed by atoms with van der Waals surface area (Å²) in [4.78, 5) is 21.5. The van der Waals surface area contributed by atoms with Crippen LogP contribution in [0.3, 0.4) is 0 Å². The highest BCUT2D eigenvalue weighted by Crippen LogP contribution is 2.39. The van der Waals surface area contributed by atoms with Crippen molar-refractivity contribution in [1.82, 2.24) is 30.2 Å². The normalized spacial score (nSPS) is 14.4. The maximum absolute atomic E-state index is 12.6. The molecule has 0 aliphatic heterocycles. The number of rotatable bonds is 7. The Morgan fingerprint density at radius 1 is 1.23 bits per heavy atom. The van der Waals surface area contributed by atoms with E-state index in [0.29, 0.717) is 29.9 Å². The third kappa shape index (κ3) is 4.37. The number of carbonyl (C=O) groups excluding carboxylic acids is 1. The minimum Gasteiger partial charge on any atom is -0.339 e. The number of carbonyl (C=O) groups is 1. The largest absolute Gasteiger partial charge is 0.339 e. The lowest BCUT2D eigenvalue weighted by Gasteiger charge is -2.08. The number of nitrogens with zero attached hydrogens (tertiary/aromatic N) is 5. The maximum Gasteiger partial charge on any atom is 0.272 e. The van der Waals surface area contributed by atoms with Crippen molar-refractivity contribution in [1.29, 1.82) is 0 Å². The van der Waals surface area contributed by atoms with E-state index in [9.17, 15) is 4.79 Å². The van der Waals surface area contributed by atoms with Crippen LogP contribution in [0, 0.1) is 0 Å². The molecule has 1 saturated carbocycles. The monoisotopic (exact) mass is 414 g/mol. The predicted molar refractivity (Wildman–Crippen MR) is 113 cm³/mol. The van der Waals surface area contributed by atoms with Crippen molar-refractivity contribution in [3.8, 4) is 11.4 Å². The molecule has 0 unspecified atom stereocenters. The summed E-state index contributed by atoms with van der Waals surface area (Å²) in [7, 11) is 0. The Balaban J connectivity index is 1.24. The van der Waals surface area contributed by atoms with Crippen LogP contribution in [0.5, 0.6) is 0 Å². The minimum absolute atomic E-state index is 0.293. The molecule has 3 heterocycles. The molecule has 1 aliphatic rings. The van der Waals surface area contributed by atoms with E-state index in [2.05, 4.69) is 25.5 Å². The molecule has 4 aromatic rings. The number of aromatic nitrogens is 5. The fourth-order valence-electron chi connectivity index (χ4n) is 3.39. The lowest BCUT2D eigenvalue weighted by Crippen LogP contribution is -2.27. The van der Waals surface area contributed by atoms with Gasteiger partial charge < -0.3 is 9.84 Å². The van der Waals surface area contributed by atoms with Gasteiger partial charge in [0.05, 0.1) is 6.54 Å².